The van der Waals surface area contributed by atoms with Crippen LogP contribution in [0.5, 0.6) is 11.5 Å². The molecule has 2 N–H and O–H groups in total. The molecule has 0 aromatic heterocycles. The van der Waals surface area contributed by atoms with Crippen molar-refractivity contribution in [3.8, 4) is 11.5 Å². The minimum atomic E-state index is 0.106. The normalized spacial score (nSPS) is 16.1. The van der Waals surface area contributed by atoms with Gasteiger partial charge in [0.25, 0.3) is 0 Å². The predicted molar refractivity (Wildman–Crippen MR) is 74.9 cm³/mol. The Morgan fingerprint density at radius 2 is 1.68 bits per heavy atom. The summed E-state index contributed by atoms with van der Waals surface area (Å²) in [5.41, 5.74) is 7.00. The van der Waals surface area contributed by atoms with E-state index in [0.29, 0.717) is 22.7 Å². The van der Waals surface area contributed by atoms with E-state index in [1.807, 2.05) is 0 Å². The average Bonchev–Trinajstić information content (AvgIpc) is 2.47. The summed E-state index contributed by atoms with van der Waals surface area (Å²) < 4.78 is 10.4. The molecule has 1 saturated carbocycles. The summed E-state index contributed by atoms with van der Waals surface area (Å²) in [5, 5.41) is 0. The lowest BCUT2D eigenvalue weighted by atomic mass is 9.83. The van der Waals surface area contributed by atoms with Gasteiger partial charge in [-0.15, -0.1) is 0 Å². The molecule has 1 aliphatic carbocycles. The number of hydrogen-bond acceptors (Lipinski definition) is 4. The number of ether oxygens (including phenoxy) is 2. The highest BCUT2D eigenvalue weighted by atomic mass is 16.5. The monoisotopic (exact) mass is 263 g/mol. The minimum Gasteiger partial charge on any atom is -0.493 e. The summed E-state index contributed by atoms with van der Waals surface area (Å²) in [4.78, 5) is 12.5. The highest BCUT2D eigenvalue weighted by Crippen LogP contribution is 2.35. The zero-order valence-electron chi connectivity index (χ0n) is 11.6. The van der Waals surface area contributed by atoms with Gasteiger partial charge in [-0.05, 0) is 18.9 Å². The number of nitrogens with two attached hydrogens (primary N) is 1. The van der Waals surface area contributed by atoms with E-state index in [2.05, 4.69) is 0 Å². The Balaban J connectivity index is 2.30. The van der Waals surface area contributed by atoms with Crippen LogP contribution in [0.3, 0.4) is 0 Å². The highest BCUT2D eigenvalue weighted by molar-refractivity contribution is 6.03. The molecule has 104 valence electrons. The number of carbonyl (C=O) groups excluding carboxylic acids is 1. The molecular weight excluding hydrogens is 242 g/mol. The molecule has 0 radical (unpaired) electrons. The zero-order valence-corrected chi connectivity index (χ0v) is 11.6. The van der Waals surface area contributed by atoms with Crippen LogP contribution in [0.15, 0.2) is 12.1 Å². The van der Waals surface area contributed by atoms with Crippen LogP contribution in [0.25, 0.3) is 0 Å². The van der Waals surface area contributed by atoms with E-state index >= 15 is 0 Å². The van der Waals surface area contributed by atoms with Crippen LogP contribution < -0.4 is 15.2 Å². The number of hydrogen-bond donors (Lipinski definition) is 1. The van der Waals surface area contributed by atoms with Crippen LogP contribution in [0.2, 0.25) is 0 Å². The Hall–Kier alpha value is -1.71. The van der Waals surface area contributed by atoms with Crippen LogP contribution in [0.1, 0.15) is 42.5 Å². The molecule has 0 heterocycles. The van der Waals surface area contributed by atoms with E-state index in [0.717, 1.165) is 25.7 Å². The van der Waals surface area contributed by atoms with E-state index < -0.39 is 0 Å². The van der Waals surface area contributed by atoms with Crippen LogP contribution >= 0.6 is 0 Å². The van der Waals surface area contributed by atoms with Crippen molar-refractivity contribution in [3.63, 3.8) is 0 Å². The fourth-order valence-electron chi connectivity index (χ4n) is 2.69. The molecular formula is C15H21NO3. The largest absolute Gasteiger partial charge is 0.493 e. The molecule has 1 fully saturated rings. The lowest BCUT2D eigenvalue weighted by Gasteiger charge is -2.21. The first-order valence-electron chi connectivity index (χ1n) is 6.73. The molecule has 19 heavy (non-hydrogen) atoms. The van der Waals surface area contributed by atoms with E-state index in [4.69, 9.17) is 15.2 Å². The molecule has 1 aromatic rings. The van der Waals surface area contributed by atoms with Gasteiger partial charge in [-0.3, -0.25) is 4.79 Å². The van der Waals surface area contributed by atoms with Gasteiger partial charge >= 0.3 is 0 Å². The van der Waals surface area contributed by atoms with E-state index in [-0.39, 0.29) is 11.7 Å². The Kier molecular flexibility index (Phi) is 4.30. The van der Waals surface area contributed by atoms with E-state index in [1.165, 1.54) is 6.42 Å². The molecule has 0 aliphatic heterocycles. The first kappa shape index (κ1) is 13.7. The Morgan fingerprint density at radius 3 is 2.26 bits per heavy atom. The second-order valence-corrected chi connectivity index (χ2v) is 4.99. The quantitative estimate of drug-likeness (QED) is 0.670. The SMILES string of the molecule is COc1cc(N)c(C(=O)C2CCCCC2)cc1OC. The van der Waals surface area contributed by atoms with Crippen molar-refractivity contribution in [1.29, 1.82) is 0 Å². The van der Waals surface area contributed by atoms with Crippen molar-refractivity contribution in [1.82, 2.24) is 0 Å². The first-order chi connectivity index (χ1) is 9.17. The van der Waals surface area contributed by atoms with Gasteiger partial charge in [-0.1, -0.05) is 19.3 Å². The second-order valence-electron chi connectivity index (χ2n) is 4.99. The van der Waals surface area contributed by atoms with E-state index in [9.17, 15) is 4.79 Å². The lowest BCUT2D eigenvalue weighted by Crippen LogP contribution is -2.19. The summed E-state index contributed by atoms with van der Waals surface area (Å²) in [7, 11) is 3.11. The van der Waals surface area contributed by atoms with Gasteiger partial charge in [0, 0.05) is 23.2 Å². The number of carbonyl (C=O) groups is 1. The minimum absolute atomic E-state index is 0.106. The molecule has 4 nitrogen and oxygen atoms in total. The van der Waals surface area contributed by atoms with Crippen LogP contribution in [-0.4, -0.2) is 20.0 Å². The number of ketones is 1. The molecule has 0 bridgehead atoms. The van der Waals surface area contributed by atoms with Crippen molar-refractivity contribution in [3.05, 3.63) is 17.7 Å². The standard InChI is InChI=1S/C15H21NO3/c1-18-13-8-11(12(16)9-14(13)19-2)15(17)10-6-4-3-5-7-10/h8-10H,3-7,16H2,1-2H3. The molecule has 4 heteroatoms. The average molecular weight is 263 g/mol. The van der Waals surface area contributed by atoms with Gasteiger partial charge in [-0.25, -0.2) is 0 Å². The van der Waals surface area contributed by atoms with Crippen molar-refractivity contribution < 1.29 is 14.3 Å². The van der Waals surface area contributed by atoms with Crippen LogP contribution in [0.4, 0.5) is 5.69 Å². The topological polar surface area (TPSA) is 61.5 Å². The predicted octanol–water partition coefficient (Wildman–Crippen LogP) is 3.05. The summed E-state index contributed by atoms with van der Waals surface area (Å²) in [6.07, 6.45) is 5.41. The number of benzene rings is 1. The molecule has 0 atom stereocenters. The Morgan fingerprint density at radius 1 is 1.11 bits per heavy atom. The summed E-state index contributed by atoms with van der Waals surface area (Å²) in [5.74, 6) is 1.35. The maximum Gasteiger partial charge on any atom is 0.168 e. The maximum absolute atomic E-state index is 12.5. The third kappa shape index (κ3) is 2.83. The fraction of sp³-hybridized carbons (Fsp3) is 0.533. The van der Waals surface area contributed by atoms with Gasteiger partial charge in [-0.2, -0.15) is 0 Å². The highest BCUT2D eigenvalue weighted by Gasteiger charge is 2.25. The van der Waals surface area contributed by atoms with E-state index in [1.54, 1.807) is 26.4 Å². The molecule has 1 aliphatic rings. The van der Waals surface area contributed by atoms with Crippen molar-refractivity contribution in [2.75, 3.05) is 20.0 Å². The van der Waals surface area contributed by atoms with Gasteiger partial charge in [0.15, 0.2) is 17.3 Å². The van der Waals surface area contributed by atoms with Gasteiger partial charge in [0.05, 0.1) is 14.2 Å². The smallest absolute Gasteiger partial charge is 0.168 e. The number of methoxy groups -OCH3 is 2. The maximum atomic E-state index is 12.5. The number of Topliss-reactive ketones (excluding diaryl/α,β-unsaturated/α-hetero) is 1. The fourth-order valence-corrected chi connectivity index (χ4v) is 2.69. The molecule has 0 amide bonds. The summed E-state index contributed by atoms with van der Waals surface area (Å²) in [6.45, 7) is 0. The number of anilines is 1. The number of rotatable bonds is 4. The molecule has 0 unspecified atom stereocenters. The summed E-state index contributed by atoms with van der Waals surface area (Å²) in [6, 6.07) is 3.36. The van der Waals surface area contributed by atoms with Crippen molar-refractivity contribution in [2.45, 2.75) is 32.1 Å². The van der Waals surface area contributed by atoms with Gasteiger partial charge in [0.1, 0.15) is 0 Å². The number of nitrogen functional groups attached to an aromatic ring is 1. The van der Waals surface area contributed by atoms with Gasteiger partial charge in [0.2, 0.25) is 0 Å². The Labute approximate surface area is 113 Å². The Bertz CT molecular complexity index is 465. The summed E-state index contributed by atoms with van der Waals surface area (Å²) >= 11 is 0. The molecule has 1 aromatic carbocycles. The zero-order chi connectivity index (χ0) is 13.8. The third-order valence-electron chi connectivity index (χ3n) is 3.80. The van der Waals surface area contributed by atoms with Crippen molar-refractivity contribution >= 4 is 11.5 Å². The molecule has 0 saturated heterocycles. The molecule has 0 spiro atoms. The first-order valence-corrected chi connectivity index (χ1v) is 6.73. The molecule has 2 rings (SSSR count). The van der Waals surface area contributed by atoms with Crippen LogP contribution in [0, 0.1) is 5.92 Å². The third-order valence-corrected chi connectivity index (χ3v) is 3.80. The van der Waals surface area contributed by atoms with Gasteiger partial charge < -0.3 is 15.2 Å². The van der Waals surface area contributed by atoms with Crippen LogP contribution in [-0.2, 0) is 0 Å². The second kappa shape index (κ2) is 5.95. The lowest BCUT2D eigenvalue weighted by molar-refractivity contribution is 0.0890. The van der Waals surface area contributed by atoms with Crippen molar-refractivity contribution in [2.24, 2.45) is 5.92 Å².